The third-order valence-corrected chi connectivity index (χ3v) is 1.38. The Hall–Kier alpha value is -0.960. The predicted molar refractivity (Wildman–Crippen MR) is 39.9 cm³/mol. The minimum absolute atomic E-state index is 0.948. The molecule has 0 spiro atoms. The third-order valence-electron chi connectivity index (χ3n) is 1.38. The van der Waals surface area contributed by atoms with E-state index < -0.39 is 0 Å². The van der Waals surface area contributed by atoms with Crippen LogP contribution in [-0.4, -0.2) is 0 Å². The van der Waals surface area contributed by atoms with Gasteiger partial charge in [-0.05, 0) is 12.5 Å². The lowest BCUT2D eigenvalue weighted by Crippen LogP contribution is -1.74. The summed E-state index contributed by atoms with van der Waals surface area (Å²) >= 11 is 0. The SMILES string of the molecule is CCC1=CC=CC#CC1. The monoisotopic (exact) mass is 118 g/mol. The average Bonchev–Trinajstić information content (AvgIpc) is 2.13. The van der Waals surface area contributed by atoms with E-state index in [9.17, 15) is 0 Å². The first kappa shape index (κ1) is 6.16. The fourth-order valence-corrected chi connectivity index (χ4v) is 0.758. The summed E-state index contributed by atoms with van der Waals surface area (Å²) in [6.45, 7) is 2.16. The minimum Gasteiger partial charge on any atom is -0.0941 e. The number of allylic oxidation sites excluding steroid dienone is 4. The summed E-state index contributed by atoms with van der Waals surface area (Å²) in [5.41, 5.74) is 1.43. The van der Waals surface area contributed by atoms with Crippen molar-refractivity contribution in [3.63, 3.8) is 0 Å². The molecule has 46 valence electrons. The van der Waals surface area contributed by atoms with E-state index in [1.807, 2.05) is 12.2 Å². The smallest absolute Gasteiger partial charge is 0.0305 e. The van der Waals surface area contributed by atoms with E-state index in [2.05, 4.69) is 24.8 Å². The van der Waals surface area contributed by atoms with Gasteiger partial charge in [0.15, 0.2) is 0 Å². The molecule has 0 heterocycles. The zero-order valence-corrected chi connectivity index (χ0v) is 5.65. The molecule has 0 aromatic carbocycles. The van der Waals surface area contributed by atoms with Crippen molar-refractivity contribution >= 4 is 0 Å². The highest BCUT2D eigenvalue weighted by molar-refractivity contribution is 5.29. The highest BCUT2D eigenvalue weighted by atomic mass is 13.9. The van der Waals surface area contributed by atoms with Crippen molar-refractivity contribution in [3.05, 3.63) is 23.8 Å². The van der Waals surface area contributed by atoms with Crippen molar-refractivity contribution < 1.29 is 0 Å². The van der Waals surface area contributed by atoms with Gasteiger partial charge in [-0.15, -0.1) is 0 Å². The van der Waals surface area contributed by atoms with Crippen LogP contribution in [0.4, 0.5) is 0 Å². The van der Waals surface area contributed by atoms with E-state index in [4.69, 9.17) is 0 Å². The Labute approximate surface area is 56.3 Å². The predicted octanol–water partition coefficient (Wildman–Crippen LogP) is 2.29. The molecule has 0 nitrogen and oxygen atoms in total. The van der Waals surface area contributed by atoms with Gasteiger partial charge in [0.05, 0.1) is 0 Å². The molecule has 0 bridgehead atoms. The van der Waals surface area contributed by atoms with E-state index in [-0.39, 0.29) is 0 Å². The van der Waals surface area contributed by atoms with Crippen LogP contribution in [0.1, 0.15) is 19.8 Å². The molecule has 0 saturated heterocycles. The van der Waals surface area contributed by atoms with Crippen LogP contribution < -0.4 is 0 Å². The van der Waals surface area contributed by atoms with Gasteiger partial charge in [-0.3, -0.25) is 0 Å². The summed E-state index contributed by atoms with van der Waals surface area (Å²) in [7, 11) is 0. The topological polar surface area (TPSA) is 0 Å². The van der Waals surface area contributed by atoms with Crippen molar-refractivity contribution in [2.24, 2.45) is 0 Å². The fourth-order valence-electron chi connectivity index (χ4n) is 0.758. The summed E-state index contributed by atoms with van der Waals surface area (Å²) in [6, 6.07) is 0. The molecule has 0 fully saturated rings. The Kier molecular flexibility index (Phi) is 2.15. The molecule has 0 radical (unpaired) electrons. The largest absolute Gasteiger partial charge is 0.0941 e. The number of rotatable bonds is 1. The van der Waals surface area contributed by atoms with Crippen molar-refractivity contribution in [1.82, 2.24) is 0 Å². The quantitative estimate of drug-likeness (QED) is 0.463. The molecule has 0 N–H and O–H groups in total. The summed E-state index contributed by atoms with van der Waals surface area (Å²) in [6.07, 6.45) is 8.11. The lowest BCUT2D eigenvalue weighted by Gasteiger charge is -1.92. The Bertz CT molecular complexity index is 196. The summed E-state index contributed by atoms with van der Waals surface area (Å²) in [4.78, 5) is 0. The van der Waals surface area contributed by atoms with Gasteiger partial charge in [0, 0.05) is 6.42 Å². The van der Waals surface area contributed by atoms with Gasteiger partial charge < -0.3 is 0 Å². The van der Waals surface area contributed by atoms with Gasteiger partial charge in [0.2, 0.25) is 0 Å². The maximum absolute atomic E-state index is 3.04. The van der Waals surface area contributed by atoms with Crippen LogP contribution in [0.15, 0.2) is 23.8 Å². The molecule has 1 aliphatic rings. The number of hydrogen-bond donors (Lipinski definition) is 0. The molecule has 0 saturated carbocycles. The molecule has 0 aromatic heterocycles. The van der Waals surface area contributed by atoms with Crippen molar-refractivity contribution in [2.75, 3.05) is 0 Å². The Morgan fingerprint density at radius 3 is 3.33 bits per heavy atom. The Morgan fingerprint density at radius 1 is 1.67 bits per heavy atom. The number of hydrogen-bond acceptors (Lipinski definition) is 0. The fraction of sp³-hybridized carbons (Fsp3) is 0.333. The molecular weight excluding hydrogens is 108 g/mol. The van der Waals surface area contributed by atoms with Gasteiger partial charge in [0.25, 0.3) is 0 Å². The average molecular weight is 118 g/mol. The second kappa shape index (κ2) is 3.14. The molecule has 0 unspecified atom stereocenters. The second-order valence-electron chi connectivity index (χ2n) is 2.04. The van der Waals surface area contributed by atoms with Crippen LogP contribution in [0.25, 0.3) is 0 Å². The van der Waals surface area contributed by atoms with Crippen LogP contribution in [0, 0.1) is 11.8 Å². The van der Waals surface area contributed by atoms with Crippen LogP contribution in [0.2, 0.25) is 0 Å². The molecule has 1 aliphatic carbocycles. The van der Waals surface area contributed by atoms with Crippen molar-refractivity contribution in [2.45, 2.75) is 19.8 Å². The van der Waals surface area contributed by atoms with Crippen LogP contribution in [-0.2, 0) is 0 Å². The third kappa shape index (κ3) is 1.77. The summed E-state index contributed by atoms with van der Waals surface area (Å²) in [5.74, 6) is 5.97. The zero-order valence-electron chi connectivity index (χ0n) is 5.65. The first-order chi connectivity index (χ1) is 4.43. The van der Waals surface area contributed by atoms with Gasteiger partial charge in [-0.1, -0.05) is 36.5 Å². The van der Waals surface area contributed by atoms with E-state index in [1.165, 1.54) is 5.57 Å². The molecule has 0 atom stereocenters. The Morgan fingerprint density at radius 2 is 2.56 bits per heavy atom. The van der Waals surface area contributed by atoms with E-state index in [1.54, 1.807) is 0 Å². The van der Waals surface area contributed by atoms with Gasteiger partial charge in [0.1, 0.15) is 0 Å². The molecule has 0 aromatic rings. The van der Waals surface area contributed by atoms with Crippen LogP contribution in [0.5, 0.6) is 0 Å². The lowest BCUT2D eigenvalue weighted by atomic mass is 10.1. The highest BCUT2D eigenvalue weighted by Crippen LogP contribution is 2.06. The van der Waals surface area contributed by atoms with Gasteiger partial charge >= 0.3 is 0 Å². The van der Waals surface area contributed by atoms with Crippen molar-refractivity contribution in [1.29, 1.82) is 0 Å². The summed E-state index contributed by atoms with van der Waals surface area (Å²) < 4.78 is 0. The molecule has 0 aliphatic heterocycles. The van der Waals surface area contributed by atoms with Crippen molar-refractivity contribution in [3.8, 4) is 11.8 Å². The normalized spacial score (nSPS) is 15.4. The lowest BCUT2D eigenvalue weighted by molar-refractivity contribution is 1.05. The van der Waals surface area contributed by atoms with E-state index in [0.717, 1.165) is 12.8 Å². The minimum atomic E-state index is 0.948. The molecule has 0 heteroatoms. The van der Waals surface area contributed by atoms with E-state index >= 15 is 0 Å². The first-order valence-electron chi connectivity index (χ1n) is 3.26. The first-order valence-corrected chi connectivity index (χ1v) is 3.26. The summed E-state index contributed by atoms with van der Waals surface area (Å²) in [5, 5.41) is 0. The maximum Gasteiger partial charge on any atom is 0.0305 e. The molecule has 1 rings (SSSR count). The van der Waals surface area contributed by atoms with Crippen LogP contribution in [0.3, 0.4) is 0 Å². The molecule has 9 heavy (non-hydrogen) atoms. The maximum atomic E-state index is 3.04. The second-order valence-corrected chi connectivity index (χ2v) is 2.04. The van der Waals surface area contributed by atoms with Gasteiger partial charge in [-0.25, -0.2) is 0 Å². The van der Waals surface area contributed by atoms with Gasteiger partial charge in [-0.2, -0.15) is 0 Å². The highest BCUT2D eigenvalue weighted by Gasteiger charge is 1.88. The van der Waals surface area contributed by atoms with E-state index in [0.29, 0.717) is 0 Å². The standard InChI is InChI=1S/C9H10/c1-2-9-7-5-3-4-6-8-9/h3,5,7H,2,8H2,1H3. The van der Waals surface area contributed by atoms with Crippen LogP contribution >= 0.6 is 0 Å². The zero-order chi connectivity index (χ0) is 6.53. The molecule has 0 amide bonds. The molecular formula is C9H10. The Balaban J connectivity index is 2.67.